The fourth-order valence-electron chi connectivity index (χ4n) is 2.89. The number of likely N-dealkylation sites (tertiary alicyclic amines) is 1. The number of ether oxygens (including phenoxy) is 3. The Kier molecular flexibility index (Phi) is 6.73. The molecule has 0 aliphatic carbocycles. The van der Waals surface area contributed by atoms with Crippen LogP contribution < -0.4 is 9.47 Å². The first-order chi connectivity index (χ1) is 13.1. The minimum Gasteiger partial charge on any atom is -0.493 e. The zero-order chi connectivity index (χ0) is 20.9. The van der Waals surface area contributed by atoms with Crippen molar-refractivity contribution in [3.63, 3.8) is 0 Å². The van der Waals surface area contributed by atoms with Crippen LogP contribution in [0.1, 0.15) is 18.4 Å². The number of amides is 1. The highest BCUT2D eigenvalue weighted by atomic mass is 19.4. The van der Waals surface area contributed by atoms with Crippen LogP contribution in [-0.4, -0.2) is 62.5 Å². The smallest absolute Gasteiger partial charge is 0.422 e. The van der Waals surface area contributed by atoms with E-state index in [9.17, 15) is 27.2 Å². The molecule has 156 valence electrons. The van der Waals surface area contributed by atoms with Crippen LogP contribution in [0.4, 0.5) is 17.6 Å². The molecule has 0 N–H and O–H groups in total. The van der Waals surface area contributed by atoms with E-state index in [1.54, 1.807) is 0 Å². The van der Waals surface area contributed by atoms with Crippen molar-refractivity contribution in [2.45, 2.75) is 31.1 Å². The summed E-state index contributed by atoms with van der Waals surface area (Å²) in [5.41, 5.74) is -1.55. The minimum absolute atomic E-state index is 0.0448. The van der Waals surface area contributed by atoms with Gasteiger partial charge in [-0.25, -0.2) is 9.18 Å². The quantitative estimate of drug-likeness (QED) is 0.514. The Hall–Kier alpha value is -2.52. The van der Waals surface area contributed by atoms with Crippen LogP contribution in [0.3, 0.4) is 0 Å². The van der Waals surface area contributed by atoms with E-state index in [1.165, 1.54) is 30.2 Å². The number of alkyl halides is 4. The van der Waals surface area contributed by atoms with Gasteiger partial charge >= 0.3 is 12.1 Å². The fourth-order valence-corrected chi connectivity index (χ4v) is 2.89. The molecule has 28 heavy (non-hydrogen) atoms. The second kappa shape index (κ2) is 8.66. The molecular formula is C18H21F4NO5. The Bertz CT molecular complexity index is 724. The van der Waals surface area contributed by atoms with Crippen molar-refractivity contribution in [1.82, 2.24) is 4.90 Å². The van der Waals surface area contributed by atoms with E-state index in [1.807, 2.05) is 0 Å². The molecule has 1 aromatic carbocycles. The Morgan fingerprint density at radius 2 is 1.93 bits per heavy atom. The van der Waals surface area contributed by atoms with Gasteiger partial charge in [0.15, 0.2) is 18.1 Å². The molecule has 1 atom stereocenters. The summed E-state index contributed by atoms with van der Waals surface area (Å²) < 4.78 is 65.4. The van der Waals surface area contributed by atoms with Crippen molar-refractivity contribution < 1.29 is 41.4 Å². The Labute approximate surface area is 159 Å². The number of benzene rings is 1. The number of hydrogen-bond acceptors (Lipinski definition) is 5. The van der Waals surface area contributed by atoms with Gasteiger partial charge in [-0.05, 0) is 24.1 Å². The molecule has 0 bridgehead atoms. The Morgan fingerprint density at radius 3 is 2.54 bits per heavy atom. The van der Waals surface area contributed by atoms with Gasteiger partial charge in [-0.1, -0.05) is 6.07 Å². The van der Waals surface area contributed by atoms with Gasteiger partial charge in [0.1, 0.15) is 0 Å². The number of methoxy groups -OCH3 is 2. The van der Waals surface area contributed by atoms with E-state index in [0.29, 0.717) is 5.56 Å². The SMILES string of the molecule is COC(=O)[C@]1(F)CCN(C(=O)CCc2ccc(OCC(F)(F)F)c(OC)c2)C1. The number of rotatable bonds is 7. The van der Waals surface area contributed by atoms with E-state index in [0.717, 1.165) is 7.11 Å². The summed E-state index contributed by atoms with van der Waals surface area (Å²) in [6.45, 7) is -1.69. The lowest BCUT2D eigenvalue weighted by atomic mass is 10.1. The molecule has 1 heterocycles. The van der Waals surface area contributed by atoms with Gasteiger partial charge in [0.2, 0.25) is 11.6 Å². The predicted octanol–water partition coefficient (Wildman–Crippen LogP) is 2.68. The molecule has 1 fully saturated rings. The fraction of sp³-hybridized carbons (Fsp3) is 0.556. The number of halogens is 4. The van der Waals surface area contributed by atoms with Gasteiger partial charge in [-0.2, -0.15) is 13.2 Å². The summed E-state index contributed by atoms with van der Waals surface area (Å²) in [4.78, 5) is 25.0. The van der Waals surface area contributed by atoms with Crippen LogP contribution >= 0.6 is 0 Å². The average Bonchev–Trinajstić information content (AvgIpc) is 3.06. The summed E-state index contributed by atoms with van der Waals surface area (Å²) in [7, 11) is 2.38. The molecule has 0 radical (unpaired) electrons. The summed E-state index contributed by atoms with van der Waals surface area (Å²) in [6, 6.07) is 4.35. The maximum Gasteiger partial charge on any atom is 0.422 e. The number of nitrogens with zero attached hydrogens (tertiary/aromatic N) is 1. The number of carbonyl (C=O) groups is 2. The first-order valence-corrected chi connectivity index (χ1v) is 8.49. The molecule has 1 aliphatic heterocycles. The third kappa shape index (κ3) is 5.49. The molecule has 0 spiro atoms. The van der Waals surface area contributed by atoms with Crippen molar-refractivity contribution >= 4 is 11.9 Å². The van der Waals surface area contributed by atoms with E-state index in [2.05, 4.69) is 4.74 Å². The topological polar surface area (TPSA) is 65.1 Å². The Morgan fingerprint density at radius 1 is 1.21 bits per heavy atom. The van der Waals surface area contributed by atoms with Crippen LogP contribution in [-0.2, 0) is 20.7 Å². The lowest BCUT2D eigenvalue weighted by Crippen LogP contribution is -2.39. The van der Waals surface area contributed by atoms with Gasteiger partial charge in [0, 0.05) is 19.4 Å². The third-order valence-electron chi connectivity index (χ3n) is 4.37. The molecule has 1 saturated heterocycles. The second-order valence-electron chi connectivity index (χ2n) is 6.41. The number of aryl methyl sites for hydroxylation is 1. The van der Waals surface area contributed by atoms with Crippen molar-refractivity contribution in [2.24, 2.45) is 0 Å². The van der Waals surface area contributed by atoms with Crippen LogP contribution in [0.15, 0.2) is 18.2 Å². The largest absolute Gasteiger partial charge is 0.493 e. The Balaban J connectivity index is 1.93. The zero-order valence-corrected chi connectivity index (χ0v) is 15.5. The van der Waals surface area contributed by atoms with Crippen LogP contribution in [0.5, 0.6) is 11.5 Å². The van der Waals surface area contributed by atoms with Gasteiger partial charge in [-0.3, -0.25) is 4.79 Å². The lowest BCUT2D eigenvalue weighted by molar-refractivity contribution is -0.154. The average molecular weight is 407 g/mol. The molecule has 10 heteroatoms. The van der Waals surface area contributed by atoms with Crippen molar-refractivity contribution in [1.29, 1.82) is 0 Å². The van der Waals surface area contributed by atoms with E-state index >= 15 is 0 Å². The highest BCUT2D eigenvalue weighted by Gasteiger charge is 2.47. The molecule has 0 saturated carbocycles. The first-order valence-electron chi connectivity index (χ1n) is 8.49. The molecule has 6 nitrogen and oxygen atoms in total. The van der Waals surface area contributed by atoms with Gasteiger partial charge in [0.05, 0.1) is 20.8 Å². The van der Waals surface area contributed by atoms with Crippen LogP contribution in [0.2, 0.25) is 0 Å². The van der Waals surface area contributed by atoms with E-state index in [-0.39, 0.29) is 49.8 Å². The number of esters is 1. The van der Waals surface area contributed by atoms with Gasteiger partial charge in [-0.15, -0.1) is 0 Å². The summed E-state index contributed by atoms with van der Waals surface area (Å²) in [5.74, 6) is -1.28. The summed E-state index contributed by atoms with van der Waals surface area (Å²) in [5, 5.41) is 0. The normalized spacial score (nSPS) is 19.4. The molecule has 0 unspecified atom stereocenters. The van der Waals surface area contributed by atoms with Crippen molar-refractivity contribution in [3.8, 4) is 11.5 Å². The summed E-state index contributed by atoms with van der Waals surface area (Å²) >= 11 is 0. The minimum atomic E-state index is -4.47. The molecule has 2 rings (SSSR count). The van der Waals surface area contributed by atoms with Gasteiger partial charge < -0.3 is 19.1 Å². The molecule has 1 amide bonds. The third-order valence-corrected chi connectivity index (χ3v) is 4.37. The number of carbonyl (C=O) groups excluding carboxylic acids is 2. The lowest BCUT2D eigenvalue weighted by Gasteiger charge is -2.19. The van der Waals surface area contributed by atoms with E-state index < -0.39 is 24.4 Å². The molecule has 0 aromatic heterocycles. The molecular weight excluding hydrogens is 386 g/mol. The monoisotopic (exact) mass is 407 g/mol. The maximum atomic E-state index is 14.4. The summed E-state index contributed by atoms with van der Waals surface area (Å²) in [6.07, 6.45) is -4.28. The second-order valence-corrected chi connectivity index (χ2v) is 6.41. The highest BCUT2D eigenvalue weighted by Crippen LogP contribution is 2.31. The van der Waals surface area contributed by atoms with Crippen molar-refractivity contribution in [2.75, 3.05) is 33.9 Å². The van der Waals surface area contributed by atoms with Gasteiger partial charge in [0.25, 0.3) is 0 Å². The highest BCUT2D eigenvalue weighted by molar-refractivity contribution is 5.83. The van der Waals surface area contributed by atoms with Crippen LogP contribution in [0.25, 0.3) is 0 Å². The predicted molar refractivity (Wildman–Crippen MR) is 89.9 cm³/mol. The number of hydrogen-bond donors (Lipinski definition) is 0. The standard InChI is InChI=1S/C18H21F4NO5/c1-26-14-9-12(3-5-13(14)28-11-18(20,21)22)4-6-15(24)23-8-7-17(19,10-23)16(25)27-2/h3,5,9H,4,6-8,10-11H2,1-2H3/t17-/m0/s1. The molecule has 1 aromatic rings. The van der Waals surface area contributed by atoms with E-state index in [4.69, 9.17) is 9.47 Å². The maximum absolute atomic E-state index is 14.4. The van der Waals surface area contributed by atoms with Crippen LogP contribution in [0, 0.1) is 0 Å². The van der Waals surface area contributed by atoms with Crippen molar-refractivity contribution in [3.05, 3.63) is 23.8 Å². The zero-order valence-electron chi connectivity index (χ0n) is 15.5. The first kappa shape index (κ1) is 21.8. The molecule has 1 aliphatic rings.